The van der Waals surface area contributed by atoms with Crippen molar-refractivity contribution in [1.29, 1.82) is 0 Å². The molecule has 0 spiro atoms. The predicted octanol–water partition coefficient (Wildman–Crippen LogP) is 6.65. The second-order valence-corrected chi connectivity index (χ2v) is 7.33. The Kier molecular flexibility index (Phi) is 24.9. The highest BCUT2D eigenvalue weighted by atomic mass is 16.5. The lowest BCUT2D eigenvalue weighted by Crippen LogP contribution is -2.05. The molecule has 0 bridgehead atoms. The van der Waals surface area contributed by atoms with Gasteiger partial charge in [-0.3, -0.25) is 0 Å². The van der Waals surface area contributed by atoms with Crippen molar-refractivity contribution in [2.45, 2.75) is 103 Å². The number of carbonyl (C=O) groups excluding carboxylic acids is 1. The Bertz CT molecular complexity index is 392. The van der Waals surface area contributed by atoms with Gasteiger partial charge in [-0.1, -0.05) is 82.6 Å². The van der Waals surface area contributed by atoms with E-state index < -0.39 is 0 Å². The molecular formula is C25H44O3. The molecule has 162 valence electrons. The summed E-state index contributed by atoms with van der Waals surface area (Å²) in [5, 5.41) is 0. The van der Waals surface area contributed by atoms with Crippen molar-refractivity contribution < 1.29 is 14.3 Å². The zero-order valence-corrected chi connectivity index (χ0v) is 18.4. The lowest BCUT2D eigenvalue weighted by molar-refractivity contribution is -0.107. The van der Waals surface area contributed by atoms with Crippen LogP contribution in [-0.4, -0.2) is 32.7 Å². The Hall–Kier alpha value is -1.11. The molecule has 0 atom stereocenters. The summed E-state index contributed by atoms with van der Waals surface area (Å²) in [7, 11) is 0. The number of rotatable bonds is 21. The molecule has 0 rings (SSSR count). The average Bonchev–Trinajstić information content (AvgIpc) is 2.71. The third-order valence-electron chi connectivity index (χ3n) is 4.63. The van der Waals surface area contributed by atoms with Crippen molar-refractivity contribution in [3.63, 3.8) is 0 Å². The van der Waals surface area contributed by atoms with E-state index in [4.69, 9.17) is 9.47 Å². The maximum atomic E-state index is 10.2. The van der Waals surface area contributed by atoms with Crippen LogP contribution in [0.5, 0.6) is 0 Å². The molecule has 0 aromatic carbocycles. The molecule has 0 heterocycles. The van der Waals surface area contributed by atoms with Crippen LogP contribution in [0, 0.1) is 11.8 Å². The fourth-order valence-corrected chi connectivity index (χ4v) is 2.90. The number of allylic oxidation sites excluding steroid dienone is 2. The van der Waals surface area contributed by atoms with Crippen molar-refractivity contribution in [2.75, 3.05) is 26.4 Å². The van der Waals surface area contributed by atoms with E-state index in [1.54, 1.807) is 0 Å². The predicted molar refractivity (Wildman–Crippen MR) is 120 cm³/mol. The van der Waals surface area contributed by atoms with Crippen molar-refractivity contribution >= 4 is 6.29 Å². The third-order valence-corrected chi connectivity index (χ3v) is 4.63. The van der Waals surface area contributed by atoms with Crippen LogP contribution in [0.3, 0.4) is 0 Å². The minimum Gasteiger partial charge on any atom is -0.379 e. The number of carbonyl (C=O) groups is 1. The number of aldehydes is 1. The molecule has 0 saturated heterocycles. The van der Waals surface area contributed by atoms with E-state index in [1.165, 1.54) is 57.8 Å². The Balaban J connectivity index is 3.19. The quantitative estimate of drug-likeness (QED) is 0.125. The molecule has 0 N–H and O–H groups in total. The number of ether oxygens (including phenoxy) is 2. The van der Waals surface area contributed by atoms with Gasteiger partial charge in [0.2, 0.25) is 0 Å². The zero-order chi connectivity index (χ0) is 20.4. The fourth-order valence-electron chi connectivity index (χ4n) is 2.90. The Morgan fingerprint density at radius 1 is 0.679 bits per heavy atom. The van der Waals surface area contributed by atoms with Gasteiger partial charge in [-0.2, -0.15) is 0 Å². The van der Waals surface area contributed by atoms with Gasteiger partial charge in [0, 0.05) is 19.4 Å². The van der Waals surface area contributed by atoms with Crippen LogP contribution < -0.4 is 0 Å². The number of hydrogen-bond acceptors (Lipinski definition) is 3. The van der Waals surface area contributed by atoms with E-state index in [-0.39, 0.29) is 0 Å². The van der Waals surface area contributed by atoms with Crippen LogP contribution in [0.1, 0.15) is 103 Å². The van der Waals surface area contributed by atoms with Crippen molar-refractivity contribution in [1.82, 2.24) is 0 Å². The molecular weight excluding hydrogens is 348 g/mol. The van der Waals surface area contributed by atoms with Gasteiger partial charge < -0.3 is 14.3 Å². The van der Waals surface area contributed by atoms with E-state index in [0.29, 0.717) is 26.2 Å². The Morgan fingerprint density at radius 3 is 2.00 bits per heavy atom. The maximum absolute atomic E-state index is 10.2. The lowest BCUT2D eigenvalue weighted by Gasteiger charge is -2.04. The SMILES string of the molecule is CCCCCCCCCCC/C=C/C#CCCOCCOCCCCCC=O. The summed E-state index contributed by atoms with van der Waals surface area (Å²) in [6, 6.07) is 0. The van der Waals surface area contributed by atoms with E-state index >= 15 is 0 Å². The van der Waals surface area contributed by atoms with Gasteiger partial charge in [0.1, 0.15) is 6.29 Å². The Labute approximate surface area is 174 Å². The molecule has 0 aliphatic rings. The molecule has 0 saturated carbocycles. The van der Waals surface area contributed by atoms with Crippen LogP contribution in [0.25, 0.3) is 0 Å². The van der Waals surface area contributed by atoms with Gasteiger partial charge in [0.25, 0.3) is 0 Å². The minimum atomic E-state index is 0.629. The highest BCUT2D eigenvalue weighted by molar-refractivity contribution is 5.48. The van der Waals surface area contributed by atoms with Crippen molar-refractivity contribution in [3.8, 4) is 11.8 Å². The maximum Gasteiger partial charge on any atom is 0.119 e. The van der Waals surface area contributed by atoms with Crippen LogP contribution >= 0.6 is 0 Å². The monoisotopic (exact) mass is 392 g/mol. The largest absolute Gasteiger partial charge is 0.379 e. The first-order valence-electron chi connectivity index (χ1n) is 11.6. The molecule has 0 radical (unpaired) electrons. The smallest absolute Gasteiger partial charge is 0.119 e. The highest BCUT2D eigenvalue weighted by Gasteiger charge is 1.92. The normalized spacial score (nSPS) is 10.9. The van der Waals surface area contributed by atoms with Gasteiger partial charge in [0.15, 0.2) is 0 Å². The molecule has 0 aromatic heterocycles. The topological polar surface area (TPSA) is 35.5 Å². The van der Waals surface area contributed by atoms with Crippen LogP contribution in [-0.2, 0) is 14.3 Å². The standard InChI is InChI=1S/C25H44O3/c1-2-3-4-5-6-7-8-9-10-11-12-13-14-16-19-22-27-24-25-28-23-20-17-15-18-21-26/h12-13,21H,2-11,15,17-20,22-25H2,1H3/b13-12+. The van der Waals surface area contributed by atoms with Gasteiger partial charge in [0.05, 0.1) is 19.8 Å². The first-order chi connectivity index (χ1) is 13.9. The molecule has 28 heavy (non-hydrogen) atoms. The molecule has 0 unspecified atom stereocenters. The van der Waals surface area contributed by atoms with E-state index in [0.717, 1.165) is 45.0 Å². The molecule has 3 nitrogen and oxygen atoms in total. The summed E-state index contributed by atoms with van der Waals surface area (Å²) >= 11 is 0. The average molecular weight is 393 g/mol. The van der Waals surface area contributed by atoms with Crippen LogP contribution in [0.4, 0.5) is 0 Å². The summed E-state index contributed by atoms with van der Waals surface area (Å²) in [5.41, 5.74) is 0. The van der Waals surface area contributed by atoms with Crippen LogP contribution in [0.15, 0.2) is 12.2 Å². The molecule has 0 amide bonds. The summed E-state index contributed by atoms with van der Waals surface area (Å²) in [6.45, 7) is 4.96. The first kappa shape index (κ1) is 26.9. The zero-order valence-electron chi connectivity index (χ0n) is 18.4. The van der Waals surface area contributed by atoms with Gasteiger partial charge in [-0.15, -0.1) is 0 Å². The summed E-state index contributed by atoms with van der Waals surface area (Å²) in [4.78, 5) is 10.2. The Morgan fingerprint density at radius 2 is 1.29 bits per heavy atom. The van der Waals surface area contributed by atoms with Gasteiger partial charge >= 0.3 is 0 Å². The third kappa shape index (κ3) is 24.9. The number of unbranched alkanes of at least 4 members (excludes halogenated alkanes) is 12. The van der Waals surface area contributed by atoms with E-state index in [1.807, 2.05) is 6.08 Å². The first-order valence-corrected chi connectivity index (χ1v) is 11.6. The highest BCUT2D eigenvalue weighted by Crippen LogP contribution is 2.10. The van der Waals surface area contributed by atoms with Gasteiger partial charge in [-0.25, -0.2) is 0 Å². The lowest BCUT2D eigenvalue weighted by atomic mass is 10.1. The number of hydrogen-bond donors (Lipinski definition) is 0. The van der Waals surface area contributed by atoms with Crippen molar-refractivity contribution in [2.24, 2.45) is 0 Å². The van der Waals surface area contributed by atoms with Crippen molar-refractivity contribution in [3.05, 3.63) is 12.2 Å². The fraction of sp³-hybridized carbons (Fsp3) is 0.800. The minimum absolute atomic E-state index is 0.629. The van der Waals surface area contributed by atoms with E-state index in [9.17, 15) is 4.79 Å². The molecule has 0 aromatic rings. The van der Waals surface area contributed by atoms with E-state index in [2.05, 4.69) is 24.8 Å². The second kappa shape index (κ2) is 25.9. The summed E-state index contributed by atoms with van der Waals surface area (Å²) in [5.74, 6) is 6.21. The summed E-state index contributed by atoms with van der Waals surface area (Å²) < 4.78 is 11.0. The molecule has 0 fully saturated rings. The van der Waals surface area contributed by atoms with Crippen LogP contribution in [0.2, 0.25) is 0 Å². The molecule has 0 aliphatic carbocycles. The summed E-state index contributed by atoms with van der Waals surface area (Å²) in [6.07, 6.45) is 23.2. The van der Waals surface area contributed by atoms with Gasteiger partial charge in [-0.05, 0) is 31.8 Å². The second-order valence-electron chi connectivity index (χ2n) is 7.33. The molecule has 3 heteroatoms. The molecule has 0 aliphatic heterocycles.